The minimum absolute atomic E-state index is 0.0121. The lowest BCUT2D eigenvalue weighted by atomic mass is 10.1. The Morgan fingerprint density at radius 1 is 1.32 bits per heavy atom. The third-order valence-electron chi connectivity index (χ3n) is 4.55. The van der Waals surface area contributed by atoms with Crippen LogP contribution in [0.2, 0.25) is 0 Å². The van der Waals surface area contributed by atoms with Crippen LogP contribution < -0.4 is 4.74 Å². The second kappa shape index (κ2) is 5.48. The van der Waals surface area contributed by atoms with Crippen LogP contribution >= 0.6 is 0 Å². The van der Waals surface area contributed by atoms with E-state index in [0.29, 0.717) is 23.5 Å². The molecule has 2 bridgehead atoms. The molecule has 1 saturated carbocycles. The molecule has 2 heterocycles. The molecule has 2 aliphatic rings. The minimum atomic E-state index is -0.0121. The van der Waals surface area contributed by atoms with Crippen molar-refractivity contribution in [1.29, 1.82) is 0 Å². The van der Waals surface area contributed by atoms with Gasteiger partial charge in [0.05, 0.1) is 0 Å². The summed E-state index contributed by atoms with van der Waals surface area (Å²) in [6.45, 7) is 1.09. The van der Waals surface area contributed by atoms with Crippen molar-refractivity contribution in [2.24, 2.45) is 5.92 Å². The van der Waals surface area contributed by atoms with Crippen LogP contribution in [0.15, 0.2) is 41.0 Å². The van der Waals surface area contributed by atoms with E-state index in [4.69, 9.17) is 9.15 Å². The number of hydrogen-bond donors (Lipinski definition) is 0. The van der Waals surface area contributed by atoms with Crippen molar-refractivity contribution >= 4 is 5.91 Å². The number of benzene rings is 1. The molecule has 1 aromatic carbocycles. The molecule has 0 spiro atoms. The van der Waals surface area contributed by atoms with E-state index in [1.807, 2.05) is 35.2 Å². The monoisotopic (exact) mass is 298 g/mol. The largest absolute Gasteiger partial charge is 0.484 e. The number of ether oxygens (including phenoxy) is 1. The van der Waals surface area contributed by atoms with Gasteiger partial charge in [-0.25, -0.2) is 4.98 Å². The molecule has 0 N–H and O–H groups in total. The van der Waals surface area contributed by atoms with Crippen LogP contribution in [0.4, 0.5) is 0 Å². The number of likely N-dealkylation sites (tertiary alicyclic amines) is 1. The van der Waals surface area contributed by atoms with E-state index in [-0.39, 0.29) is 12.5 Å². The Balaban J connectivity index is 1.40. The number of aromatic nitrogens is 1. The average molecular weight is 298 g/mol. The van der Waals surface area contributed by atoms with E-state index >= 15 is 0 Å². The van der Waals surface area contributed by atoms with E-state index in [1.165, 1.54) is 12.7 Å². The van der Waals surface area contributed by atoms with E-state index < -0.39 is 0 Å². The molecule has 22 heavy (non-hydrogen) atoms. The maximum atomic E-state index is 12.5. The van der Waals surface area contributed by atoms with Crippen LogP contribution in [-0.4, -0.2) is 28.4 Å². The molecule has 5 heteroatoms. The molecule has 1 saturated heterocycles. The van der Waals surface area contributed by atoms with Crippen LogP contribution in [0, 0.1) is 5.92 Å². The SMILES string of the molecule is O=C(c1coc(COc2ccccc2)n1)N1C[C@H]2CC[C@H]1C2. The second-order valence-electron chi connectivity index (χ2n) is 6.02. The van der Waals surface area contributed by atoms with Crippen LogP contribution in [0.25, 0.3) is 0 Å². The highest BCUT2D eigenvalue weighted by Crippen LogP contribution is 2.37. The molecule has 1 aromatic heterocycles. The Hall–Kier alpha value is -2.30. The lowest BCUT2D eigenvalue weighted by Gasteiger charge is -2.25. The zero-order valence-electron chi connectivity index (χ0n) is 12.3. The van der Waals surface area contributed by atoms with Crippen molar-refractivity contribution < 1.29 is 13.9 Å². The molecule has 2 aromatic rings. The number of hydrogen-bond acceptors (Lipinski definition) is 4. The Kier molecular flexibility index (Phi) is 3.33. The molecule has 2 atom stereocenters. The Labute approximate surface area is 128 Å². The van der Waals surface area contributed by atoms with Gasteiger partial charge in [0.1, 0.15) is 12.0 Å². The highest BCUT2D eigenvalue weighted by atomic mass is 16.5. The number of amides is 1. The van der Waals surface area contributed by atoms with Gasteiger partial charge in [-0.3, -0.25) is 4.79 Å². The number of nitrogens with zero attached hydrogens (tertiary/aromatic N) is 2. The molecule has 4 rings (SSSR count). The Morgan fingerprint density at radius 2 is 2.18 bits per heavy atom. The summed E-state index contributed by atoms with van der Waals surface area (Å²) >= 11 is 0. The summed E-state index contributed by atoms with van der Waals surface area (Å²) in [5, 5.41) is 0. The lowest BCUT2D eigenvalue weighted by Crippen LogP contribution is -2.37. The molecule has 1 amide bonds. The van der Waals surface area contributed by atoms with E-state index in [0.717, 1.165) is 25.1 Å². The zero-order valence-corrected chi connectivity index (χ0v) is 12.3. The fraction of sp³-hybridized carbons (Fsp3) is 0.412. The van der Waals surface area contributed by atoms with E-state index in [9.17, 15) is 4.79 Å². The summed E-state index contributed by atoms with van der Waals surface area (Å²) in [5.41, 5.74) is 0.388. The normalized spacial score (nSPS) is 23.0. The van der Waals surface area contributed by atoms with Gasteiger partial charge in [0, 0.05) is 12.6 Å². The van der Waals surface area contributed by atoms with Gasteiger partial charge < -0.3 is 14.1 Å². The van der Waals surface area contributed by atoms with Crippen LogP contribution in [0.3, 0.4) is 0 Å². The molecule has 0 unspecified atom stereocenters. The fourth-order valence-corrected chi connectivity index (χ4v) is 3.46. The summed E-state index contributed by atoms with van der Waals surface area (Å²) < 4.78 is 10.9. The second-order valence-corrected chi connectivity index (χ2v) is 6.02. The van der Waals surface area contributed by atoms with Gasteiger partial charge >= 0.3 is 0 Å². The number of oxazole rings is 1. The van der Waals surface area contributed by atoms with E-state index in [2.05, 4.69) is 4.98 Å². The van der Waals surface area contributed by atoms with Crippen LogP contribution in [0.1, 0.15) is 35.6 Å². The molecule has 1 aliphatic carbocycles. The van der Waals surface area contributed by atoms with Crippen molar-refractivity contribution in [3.05, 3.63) is 48.2 Å². The number of carbonyl (C=O) groups is 1. The summed E-state index contributed by atoms with van der Waals surface area (Å²) in [4.78, 5) is 18.7. The van der Waals surface area contributed by atoms with Crippen LogP contribution in [0.5, 0.6) is 5.75 Å². The lowest BCUT2D eigenvalue weighted by molar-refractivity contribution is 0.0697. The fourth-order valence-electron chi connectivity index (χ4n) is 3.46. The first-order chi connectivity index (χ1) is 10.8. The first-order valence-electron chi connectivity index (χ1n) is 7.73. The summed E-state index contributed by atoms with van der Waals surface area (Å²) in [6, 6.07) is 9.88. The standard InChI is InChI=1S/C17H18N2O3/c20-17(19-9-12-6-7-13(19)8-12)15-10-22-16(18-15)11-21-14-4-2-1-3-5-14/h1-5,10,12-13H,6-9,11H2/t12-,13-/m0/s1. The summed E-state index contributed by atoms with van der Waals surface area (Å²) in [6.07, 6.45) is 4.97. The maximum absolute atomic E-state index is 12.5. The van der Waals surface area contributed by atoms with Crippen molar-refractivity contribution in [3.63, 3.8) is 0 Å². The van der Waals surface area contributed by atoms with Crippen molar-refractivity contribution in [3.8, 4) is 5.75 Å². The quantitative estimate of drug-likeness (QED) is 0.871. The highest BCUT2D eigenvalue weighted by Gasteiger charge is 2.41. The average Bonchev–Trinajstić information content (AvgIpc) is 3.29. The van der Waals surface area contributed by atoms with Gasteiger partial charge in [0.15, 0.2) is 12.3 Å². The van der Waals surface area contributed by atoms with Gasteiger partial charge in [-0.1, -0.05) is 18.2 Å². The first-order valence-corrected chi connectivity index (χ1v) is 7.73. The molecule has 0 radical (unpaired) electrons. The molecule has 114 valence electrons. The molecule has 2 fully saturated rings. The predicted octanol–water partition coefficient (Wildman–Crippen LogP) is 2.88. The third kappa shape index (κ3) is 2.47. The molecular formula is C17H18N2O3. The Bertz CT molecular complexity index is 668. The first kappa shape index (κ1) is 13.4. The van der Waals surface area contributed by atoms with Crippen molar-refractivity contribution in [1.82, 2.24) is 9.88 Å². The predicted molar refractivity (Wildman–Crippen MR) is 79.4 cm³/mol. The Morgan fingerprint density at radius 3 is 2.91 bits per heavy atom. The third-order valence-corrected chi connectivity index (χ3v) is 4.55. The molecular weight excluding hydrogens is 280 g/mol. The van der Waals surface area contributed by atoms with Gasteiger partial charge in [-0.05, 0) is 37.3 Å². The number of rotatable bonds is 4. The smallest absolute Gasteiger partial charge is 0.276 e. The van der Waals surface area contributed by atoms with Gasteiger partial charge in [0.25, 0.3) is 5.91 Å². The number of para-hydroxylation sites is 1. The van der Waals surface area contributed by atoms with Gasteiger partial charge in [-0.15, -0.1) is 0 Å². The number of piperidine rings is 1. The number of carbonyl (C=O) groups excluding carboxylic acids is 1. The molecule has 5 nitrogen and oxygen atoms in total. The van der Waals surface area contributed by atoms with Gasteiger partial charge in [0.2, 0.25) is 5.89 Å². The topological polar surface area (TPSA) is 55.6 Å². The summed E-state index contributed by atoms with van der Waals surface area (Å²) in [5.74, 6) is 1.85. The summed E-state index contributed by atoms with van der Waals surface area (Å²) in [7, 11) is 0. The van der Waals surface area contributed by atoms with Crippen molar-refractivity contribution in [2.75, 3.05) is 6.54 Å². The zero-order chi connectivity index (χ0) is 14.9. The highest BCUT2D eigenvalue weighted by molar-refractivity contribution is 5.92. The van der Waals surface area contributed by atoms with Crippen molar-refractivity contribution in [2.45, 2.75) is 31.9 Å². The number of fused-ring (bicyclic) bond motifs is 2. The molecule has 1 aliphatic heterocycles. The van der Waals surface area contributed by atoms with E-state index in [1.54, 1.807) is 0 Å². The maximum Gasteiger partial charge on any atom is 0.276 e. The van der Waals surface area contributed by atoms with Crippen LogP contribution in [-0.2, 0) is 6.61 Å². The minimum Gasteiger partial charge on any atom is -0.484 e. The van der Waals surface area contributed by atoms with Gasteiger partial charge in [-0.2, -0.15) is 0 Å².